The highest BCUT2D eigenvalue weighted by Crippen LogP contribution is 2.15. The first kappa shape index (κ1) is 9.93. The van der Waals surface area contributed by atoms with Crippen molar-refractivity contribution in [2.24, 2.45) is 5.73 Å². The molecule has 2 rings (SSSR count). The van der Waals surface area contributed by atoms with Crippen molar-refractivity contribution in [3.8, 4) is 0 Å². The maximum atomic E-state index is 11.8. The second kappa shape index (κ2) is 3.87. The lowest BCUT2D eigenvalue weighted by molar-refractivity contribution is 0.0901. The first-order chi connectivity index (χ1) is 7.18. The van der Waals surface area contributed by atoms with Gasteiger partial charge in [-0.1, -0.05) is 18.2 Å². The molecule has 0 amide bonds. The number of carbonyl (C=O) groups is 1. The minimum Gasteiger partial charge on any atom is -0.327 e. The molecule has 3 heteroatoms. The van der Waals surface area contributed by atoms with E-state index in [2.05, 4.69) is 0 Å². The summed E-state index contributed by atoms with van der Waals surface area (Å²) in [6.07, 6.45) is 2.17. The molecule has 2 aromatic rings. The predicted octanol–water partition coefficient (Wildman–Crippen LogP) is 2.02. The molecule has 0 bridgehead atoms. The van der Waals surface area contributed by atoms with Crippen molar-refractivity contribution in [1.82, 2.24) is 4.57 Å². The van der Waals surface area contributed by atoms with Gasteiger partial charge >= 0.3 is 0 Å². The first-order valence-electron chi connectivity index (χ1n) is 5.03. The van der Waals surface area contributed by atoms with Crippen LogP contribution in [0.5, 0.6) is 0 Å². The number of nitrogens with zero attached hydrogens (tertiary/aromatic N) is 1. The molecule has 3 nitrogen and oxygen atoms in total. The van der Waals surface area contributed by atoms with Crippen LogP contribution in [0.15, 0.2) is 36.5 Å². The van der Waals surface area contributed by atoms with E-state index in [4.69, 9.17) is 5.73 Å². The van der Waals surface area contributed by atoms with E-state index < -0.39 is 0 Å². The van der Waals surface area contributed by atoms with Gasteiger partial charge < -0.3 is 5.73 Å². The zero-order valence-electron chi connectivity index (χ0n) is 8.68. The highest BCUT2D eigenvalue weighted by molar-refractivity contribution is 5.92. The Hall–Kier alpha value is -1.61. The first-order valence-corrected chi connectivity index (χ1v) is 5.03. The van der Waals surface area contributed by atoms with Gasteiger partial charge in [0.15, 0.2) is 0 Å². The van der Waals surface area contributed by atoms with Crippen molar-refractivity contribution < 1.29 is 4.79 Å². The molecule has 0 saturated heterocycles. The van der Waals surface area contributed by atoms with Gasteiger partial charge in [-0.15, -0.1) is 0 Å². The van der Waals surface area contributed by atoms with E-state index in [1.54, 1.807) is 10.8 Å². The number of hydrogen-bond acceptors (Lipinski definition) is 2. The van der Waals surface area contributed by atoms with E-state index in [1.165, 1.54) is 0 Å². The van der Waals surface area contributed by atoms with E-state index in [-0.39, 0.29) is 11.9 Å². The van der Waals surface area contributed by atoms with Gasteiger partial charge in [-0.05, 0) is 19.1 Å². The van der Waals surface area contributed by atoms with Crippen LogP contribution in [-0.4, -0.2) is 16.5 Å². The molecule has 1 heterocycles. The molecule has 1 aromatic heterocycles. The lowest BCUT2D eigenvalue weighted by atomic mass is 10.2. The van der Waals surface area contributed by atoms with Crippen molar-refractivity contribution in [1.29, 1.82) is 0 Å². The van der Waals surface area contributed by atoms with Gasteiger partial charge in [0.1, 0.15) is 0 Å². The Kier molecular flexibility index (Phi) is 2.56. The predicted molar refractivity (Wildman–Crippen MR) is 60.8 cm³/mol. The van der Waals surface area contributed by atoms with Gasteiger partial charge in [0.2, 0.25) is 5.91 Å². The minimum atomic E-state index is -0.0985. The largest absolute Gasteiger partial charge is 0.327 e. The van der Waals surface area contributed by atoms with Gasteiger partial charge in [0.05, 0.1) is 5.52 Å². The van der Waals surface area contributed by atoms with Crippen LogP contribution >= 0.6 is 0 Å². The van der Waals surface area contributed by atoms with Crippen LogP contribution < -0.4 is 5.73 Å². The molecule has 2 N–H and O–H groups in total. The van der Waals surface area contributed by atoms with Crippen molar-refractivity contribution in [3.63, 3.8) is 0 Å². The summed E-state index contributed by atoms with van der Waals surface area (Å²) in [6.45, 7) is 1.84. The Labute approximate surface area is 88.5 Å². The molecule has 0 radical (unpaired) electrons. The number of hydrogen-bond donors (Lipinski definition) is 1. The maximum Gasteiger partial charge on any atom is 0.232 e. The standard InChI is InChI=1S/C12H14N2O/c1-9(13)8-12(15)14-7-6-10-4-2-3-5-11(10)14/h2-7,9H,8,13H2,1H3. The maximum absolute atomic E-state index is 11.8. The second-order valence-electron chi connectivity index (χ2n) is 3.82. The second-order valence-corrected chi connectivity index (χ2v) is 3.82. The Morgan fingerprint density at radius 2 is 2.13 bits per heavy atom. The van der Waals surface area contributed by atoms with Gasteiger partial charge in [0, 0.05) is 24.0 Å². The average molecular weight is 202 g/mol. The molecule has 1 aromatic carbocycles. The van der Waals surface area contributed by atoms with E-state index in [0.717, 1.165) is 10.9 Å². The van der Waals surface area contributed by atoms with Crippen LogP contribution in [0.1, 0.15) is 18.1 Å². The van der Waals surface area contributed by atoms with Crippen LogP contribution in [-0.2, 0) is 0 Å². The molecule has 0 aliphatic rings. The van der Waals surface area contributed by atoms with Gasteiger partial charge in [-0.25, -0.2) is 0 Å². The van der Waals surface area contributed by atoms with Crippen molar-refractivity contribution in [3.05, 3.63) is 36.5 Å². The zero-order valence-corrected chi connectivity index (χ0v) is 8.68. The van der Waals surface area contributed by atoms with Gasteiger partial charge in [-0.2, -0.15) is 0 Å². The molecule has 15 heavy (non-hydrogen) atoms. The van der Waals surface area contributed by atoms with E-state index >= 15 is 0 Å². The van der Waals surface area contributed by atoms with Crippen LogP contribution in [0, 0.1) is 0 Å². The quantitative estimate of drug-likeness (QED) is 0.809. The Bertz CT molecular complexity index is 485. The number of benzene rings is 1. The Morgan fingerprint density at radius 1 is 1.40 bits per heavy atom. The lowest BCUT2D eigenvalue weighted by Gasteiger charge is -2.06. The van der Waals surface area contributed by atoms with Gasteiger partial charge in [-0.3, -0.25) is 9.36 Å². The minimum absolute atomic E-state index is 0.0474. The number of aromatic nitrogens is 1. The third kappa shape index (κ3) is 1.92. The fourth-order valence-electron chi connectivity index (χ4n) is 1.67. The summed E-state index contributed by atoms with van der Waals surface area (Å²) in [5.41, 5.74) is 6.56. The number of fused-ring (bicyclic) bond motifs is 1. The highest BCUT2D eigenvalue weighted by atomic mass is 16.2. The molecular weight excluding hydrogens is 188 g/mol. The highest BCUT2D eigenvalue weighted by Gasteiger charge is 2.09. The lowest BCUT2D eigenvalue weighted by Crippen LogP contribution is -2.22. The topological polar surface area (TPSA) is 48.0 Å². The van der Waals surface area contributed by atoms with E-state index in [1.807, 2.05) is 37.3 Å². The third-order valence-electron chi connectivity index (χ3n) is 2.36. The third-order valence-corrected chi connectivity index (χ3v) is 2.36. The van der Waals surface area contributed by atoms with Crippen molar-refractivity contribution >= 4 is 16.8 Å². The molecule has 1 unspecified atom stereocenters. The number of para-hydroxylation sites is 1. The molecule has 0 aliphatic heterocycles. The molecular formula is C12H14N2O. The molecule has 1 atom stereocenters. The SMILES string of the molecule is CC(N)CC(=O)n1ccc2ccccc21. The summed E-state index contributed by atoms with van der Waals surface area (Å²) in [7, 11) is 0. The van der Waals surface area contributed by atoms with Crippen LogP contribution in [0.2, 0.25) is 0 Å². The Balaban J connectivity index is 2.40. The smallest absolute Gasteiger partial charge is 0.232 e. The van der Waals surface area contributed by atoms with Crippen LogP contribution in [0.25, 0.3) is 10.9 Å². The summed E-state index contributed by atoms with van der Waals surface area (Å²) < 4.78 is 1.67. The molecule has 0 saturated carbocycles. The normalized spacial score (nSPS) is 12.9. The summed E-state index contributed by atoms with van der Waals surface area (Å²) in [4.78, 5) is 11.8. The summed E-state index contributed by atoms with van der Waals surface area (Å²) in [5, 5.41) is 1.08. The fraction of sp³-hybridized carbons (Fsp3) is 0.250. The van der Waals surface area contributed by atoms with Crippen LogP contribution in [0.3, 0.4) is 0 Å². The average Bonchev–Trinajstić information content (AvgIpc) is 2.59. The molecule has 0 spiro atoms. The molecule has 78 valence electrons. The zero-order chi connectivity index (χ0) is 10.8. The molecule has 0 fully saturated rings. The van der Waals surface area contributed by atoms with Gasteiger partial charge in [0.25, 0.3) is 0 Å². The summed E-state index contributed by atoms with van der Waals surface area (Å²) in [5.74, 6) is 0.0474. The van der Waals surface area contributed by atoms with E-state index in [0.29, 0.717) is 6.42 Å². The van der Waals surface area contributed by atoms with Crippen molar-refractivity contribution in [2.75, 3.05) is 0 Å². The molecule has 0 aliphatic carbocycles. The summed E-state index contributed by atoms with van der Waals surface area (Å²) >= 11 is 0. The Morgan fingerprint density at radius 3 is 2.87 bits per heavy atom. The number of rotatable bonds is 2. The number of carbonyl (C=O) groups excluding carboxylic acids is 1. The van der Waals surface area contributed by atoms with E-state index in [9.17, 15) is 4.79 Å². The summed E-state index contributed by atoms with van der Waals surface area (Å²) in [6, 6.07) is 9.66. The fourth-order valence-corrected chi connectivity index (χ4v) is 1.67. The monoisotopic (exact) mass is 202 g/mol. The number of nitrogens with two attached hydrogens (primary N) is 1. The van der Waals surface area contributed by atoms with Crippen LogP contribution in [0.4, 0.5) is 0 Å². The van der Waals surface area contributed by atoms with Crippen molar-refractivity contribution in [2.45, 2.75) is 19.4 Å².